The standard InChI is InChI=1S/C16H19NO3S/c18-11-1-2-13-5-9-16(10-6-13)21(19,20)17(15-7-8-15)12-14-3-4-14/h5-6,9-10,14-15,18H,3-4,7-8,11-12H2. The molecular weight excluding hydrogens is 286 g/mol. The second-order valence-electron chi connectivity index (χ2n) is 5.73. The van der Waals surface area contributed by atoms with Crippen LogP contribution in [0.5, 0.6) is 0 Å². The Kier molecular flexibility index (Phi) is 4.03. The van der Waals surface area contributed by atoms with E-state index < -0.39 is 10.0 Å². The molecule has 2 saturated carbocycles. The largest absolute Gasteiger partial charge is 0.384 e. The van der Waals surface area contributed by atoms with E-state index in [0.717, 1.165) is 25.7 Å². The summed E-state index contributed by atoms with van der Waals surface area (Å²) in [7, 11) is -3.39. The predicted octanol–water partition coefficient (Wildman–Crippen LogP) is 1.59. The van der Waals surface area contributed by atoms with Crippen LogP contribution in [-0.4, -0.2) is 37.0 Å². The van der Waals surface area contributed by atoms with Gasteiger partial charge in [-0.2, -0.15) is 4.31 Å². The molecule has 0 amide bonds. The number of hydrogen-bond donors (Lipinski definition) is 1. The molecule has 0 heterocycles. The van der Waals surface area contributed by atoms with Gasteiger partial charge in [-0.3, -0.25) is 0 Å². The fourth-order valence-electron chi connectivity index (χ4n) is 2.35. The van der Waals surface area contributed by atoms with Gasteiger partial charge in [-0.15, -0.1) is 0 Å². The zero-order valence-corrected chi connectivity index (χ0v) is 12.6. The van der Waals surface area contributed by atoms with Crippen LogP contribution in [0.15, 0.2) is 29.2 Å². The van der Waals surface area contributed by atoms with Gasteiger partial charge in [0.05, 0.1) is 4.90 Å². The fourth-order valence-corrected chi connectivity index (χ4v) is 4.11. The van der Waals surface area contributed by atoms with Crippen molar-refractivity contribution in [1.29, 1.82) is 0 Å². The Morgan fingerprint density at radius 2 is 1.81 bits per heavy atom. The molecule has 0 atom stereocenters. The SMILES string of the molecule is O=S(=O)(c1ccc(C#CCO)cc1)N(CC1CC1)C1CC1. The molecule has 21 heavy (non-hydrogen) atoms. The second-order valence-corrected chi connectivity index (χ2v) is 7.62. The summed E-state index contributed by atoms with van der Waals surface area (Å²) >= 11 is 0. The predicted molar refractivity (Wildman–Crippen MR) is 80.0 cm³/mol. The van der Waals surface area contributed by atoms with E-state index in [1.165, 1.54) is 0 Å². The third kappa shape index (κ3) is 3.46. The Morgan fingerprint density at radius 3 is 2.33 bits per heavy atom. The molecule has 1 aromatic rings. The van der Waals surface area contributed by atoms with Crippen molar-refractivity contribution in [3.8, 4) is 11.8 Å². The first-order chi connectivity index (χ1) is 10.1. The summed E-state index contributed by atoms with van der Waals surface area (Å²) in [5.41, 5.74) is 0.711. The summed E-state index contributed by atoms with van der Waals surface area (Å²) in [6, 6.07) is 6.80. The molecule has 2 fully saturated rings. The molecular formula is C16H19NO3S. The number of sulfonamides is 1. The molecule has 0 aliphatic heterocycles. The van der Waals surface area contributed by atoms with E-state index in [2.05, 4.69) is 11.8 Å². The van der Waals surface area contributed by atoms with Gasteiger partial charge in [0.15, 0.2) is 0 Å². The Balaban J connectivity index is 1.82. The van der Waals surface area contributed by atoms with E-state index in [9.17, 15) is 8.42 Å². The molecule has 0 unspecified atom stereocenters. The Morgan fingerprint density at radius 1 is 1.14 bits per heavy atom. The molecule has 0 bridgehead atoms. The molecule has 0 spiro atoms. The van der Waals surface area contributed by atoms with E-state index >= 15 is 0 Å². The third-order valence-corrected chi connectivity index (χ3v) is 5.79. The first-order valence-corrected chi connectivity index (χ1v) is 8.77. The molecule has 0 radical (unpaired) electrons. The number of rotatable bonds is 5. The lowest BCUT2D eigenvalue weighted by Crippen LogP contribution is -2.34. The van der Waals surface area contributed by atoms with Gasteiger partial charge in [0.25, 0.3) is 0 Å². The lowest BCUT2D eigenvalue weighted by atomic mass is 10.2. The Labute approximate surface area is 125 Å². The van der Waals surface area contributed by atoms with E-state index in [1.54, 1.807) is 28.6 Å². The van der Waals surface area contributed by atoms with Crippen LogP contribution in [0.3, 0.4) is 0 Å². The van der Waals surface area contributed by atoms with Gasteiger partial charge in [0.1, 0.15) is 6.61 Å². The summed E-state index contributed by atoms with van der Waals surface area (Å²) in [5.74, 6) is 5.88. The molecule has 2 aliphatic rings. The number of aliphatic hydroxyl groups is 1. The van der Waals surface area contributed by atoms with Crippen molar-refractivity contribution in [2.45, 2.75) is 36.6 Å². The van der Waals surface area contributed by atoms with Crippen LogP contribution < -0.4 is 0 Å². The summed E-state index contributed by atoms with van der Waals surface area (Å²) in [4.78, 5) is 0.338. The molecule has 1 aromatic carbocycles. The maximum Gasteiger partial charge on any atom is 0.243 e. The van der Waals surface area contributed by atoms with Gasteiger partial charge in [0, 0.05) is 18.2 Å². The molecule has 112 valence electrons. The van der Waals surface area contributed by atoms with Crippen LogP contribution in [-0.2, 0) is 10.0 Å². The summed E-state index contributed by atoms with van der Waals surface area (Å²) in [6.45, 7) is 0.468. The average Bonchev–Trinajstić information content (AvgIpc) is 3.36. The molecule has 3 rings (SSSR count). The van der Waals surface area contributed by atoms with Crippen LogP contribution >= 0.6 is 0 Å². The minimum atomic E-state index is -3.39. The molecule has 1 N–H and O–H groups in total. The Hall–Kier alpha value is -1.35. The highest BCUT2D eigenvalue weighted by atomic mass is 32.2. The topological polar surface area (TPSA) is 57.6 Å². The summed E-state index contributed by atoms with van der Waals surface area (Å²) in [6.07, 6.45) is 4.25. The lowest BCUT2D eigenvalue weighted by molar-refractivity contribution is 0.350. The monoisotopic (exact) mass is 305 g/mol. The van der Waals surface area contributed by atoms with Crippen molar-refractivity contribution in [2.75, 3.05) is 13.2 Å². The maximum atomic E-state index is 12.8. The van der Waals surface area contributed by atoms with Gasteiger partial charge < -0.3 is 5.11 Å². The highest BCUT2D eigenvalue weighted by Gasteiger charge is 2.40. The highest BCUT2D eigenvalue weighted by molar-refractivity contribution is 7.89. The Bertz CT molecular complexity index is 662. The quantitative estimate of drug-likeness (QED) is 0.841. The van der Waals surface area contributed by atoms with Crippen molar-refractivity contribution in [2.24, 2.45) is 5.92 Å². The summed E-state index contributed by atoms with van der Waals surface area (Å²) < 4.78 is 27.2. The highest BCUT2D eigenvalue weighted by Crippen LogP contribution is 2.37. The van der Waals surface area contributed by atoms with Crippen molar-refractivity contribution >= 4 is 10.0 Å². The maximum absolute atomic E-state index is 12.8. The lowest BCUT2D eigenvalue weighted by Gasteiger charge is -2.21. The first-order valence-electron chi connectivity index (χ1n) is 7.33. The van der Waals surface area contributed by atoms with Crippen molar-refractivity contribution in [1.82, 2.24) is 4.31 Å². The number of nitrogens with zero attached hydrogens (tertiary/aromatic N) is 1. The van der Waals surface area contributed by atoms with E-state index in [0.29, 0.717) is 22.9 Å². The number of aliphatic hydroxyl groups excluding tert-OH is 1. The van der Waals surface area contributed by atoms with Crippen molar-refractivity contribution in [3.63, 3.8) is 0 Å². The van der Waals surface area contributed by atoms with E-state index in [-0.39, 0.29) is 12.6 Å². The zero-order chi connectivity index (χ0) is 14.9. The van der Waals surface area contributed by atoms with E-state index in [1.807, 2.05) is 0 Å². The van der Waals surface area contributed by atoms with Crippen molar-refractivity contribution < 1.29 is 13.5 Å². The fraction of sp³-hybridized carbons (Fsp3) is 0.500. The summed E-state index contributed by atoms with van der Waals surface area (Å²) in [5, 5.41) is 8.67. The van der Waals surface area contributed by atoms with Crippen LogP contribution in [0.4, 0.5) is 0 Å². The number of benzene rings is 1. The third-order valence-electron chi connectivity index (χ3n) is 3.86. The van der Waals surface area contributed by atoms with Crippen LogP contribution in [0, 0.1) is 17.8 Å². The minimum Gasteiger partial charge on any atom is -0.384 e. The molecule has 5 heteroatoms. The zero-order valence-electron chi connectivity index (χ0n) is 11.8. The van der Waals surface area contributed by atoms with Crippen LogP contribution in [0.25, 0.3) is 0 Å². The van der Waals surface area contributed by atoms with Gasteiger partial charge in [-0.1, -0.05) is 11.8 Å². The molecule has 2 aliphatic carbocycles. The number of hydrogen-bond acceptors (Lipinski definition) is 3. The van der Waals surface area contributed by atoms with Crippen LogP contribution in [0.2, 0.25) is 0 Å². The minimum absolute atomic E-state index is 0.198. The van der Waals surface area contributed by atoms with Gasteiger partial charge >= 0.3 is 0 Å². The smallest absolute Gasteiger partial charge is 0.243 e. The first kappa shape index (κ1) is 14.6. The van der Waals surface area contributed by atoms with Gasteiger partial charge in [-0.25, -0.2) is 8.42 Å². The average molecular weight is 305 g/mol. The van der Waals surface area contributed by atoms with Gasteiger partial charge in [0.2, 0.25) is 10.0 Å². The van der Waals surface area contributed by atoms with Crippen LogP contribution in [0.1, 0.15) is 31.2 Å². The van der Waals surface area contributed by atoms with E-state index in [4.69, 9.17) is 5.11 Å². The molecule has 0 aromatic heterocycles. The van der Waals surface area contributed by atoms with Gasteiger partial charge in [-0.05, 0) is 55.9 Å². The molecule has 0 saturated heterocycles. The van der Waals surface area contributed by atoms with Crippen molar-refractivity contribution in [3.05, 3.63) is 29.8 Å². The second kappa shape index (κ2) is 5.80. The molecule has 4 nitrogen and oxygen atoms in total. The normalized spacial score (nSPS) is 18.4.